The lowest BCUT2D eigenvalue weighted by Crippen LogP contribution is -2.43. The Kier molecular flexibility index (Phi) is 5.50. The van der Waals surface area contributed by atoms with E-state index in [1.54, 1.807) is 12.1 Å². The number of alkyl halides is 3. The van der Waals surface area contributed by atoms with Gasteiger partial charge < -0.3 is 14.8 Å². The van der Waals surface area contributed by atoms with E-state index >= 15 is 0 Å². The van der Waals surface area contributed by atoms with Gasteiger partial charge in [0.15, 0.2) is 5.69 Å². The molecule has 5 rings (SSSR count). The van der Waals surface area contributed by atoms with Crippen LogP contribution in [0.4, 0.5) is 19.0 Å². The molecule has 0 bridgehead atoms. The number of nitrogens with one attached hydrogen (secondary N) is 1. The van der Waals surface area contributed by atoms with Gasteiger partial charge >= 0.3 is 6.18 Å². The fourth-order valence-electron chi connectivity index (χ4n) is 5.00. The van der Waals surface area contributed by atoms with Crippen LogP contribution in [0.2, 0.25) is 0 Å². The van der Waals surface area contributed by atoms with E-state index in [1.807, 2.05) is 60.1 Å². The molecule has 1 fully saturated rings. The van der Waals surface area contributed by atoms with Crippen molar-refractivity contribution in [3.63, 3.8) is 0 Å². The van der Waals surface area contributed by atoms with Crippen molar-refractivity contribution in [1.82, 2.24) is 19.3 Å². The minimum absolute atomic E-state index is 0.0667. The first-order valence-electron chi connectivity index (χ1n) is 11.4. The topological polar surface area (TPSA) is 54.6 Å². The van der Waals surface area contributed by atoms with Crippen molar-refractivity contribution in [1.29, 1.82) is 0 Å². The fourth-order valence-corrected chi connectivity index (χ4v) is 5.00. The second-order valence-electron chi connectivity index (χ2n) is 9.00. The number of aryl methyl sites for hydroxylation is 1. The first-order valence-corrected chi connectivity index (χ1v) is 11.4. The van der Waals surface area contributed by atoms with Gasteiger partial charge in [0.1, 0.15) is 11.5 Å². The lowest BCUT2D eigenvalue weighted by Gasteiger charge is -2.36. The van der Waals surface area contributed by atoms with Crippen LogP contribution in [0, 0.1) is 0 Å². The molecule has 1 N–H and O–H groups in total. The zero-order valence-electron chi connectivity index (χ0n) is 19.0. The van der Waals surface area contributed by atoms with Crippen molar-refractivity contribution in [2.45, 2.75) is 43.9 Å². The average Bonchev–Trinajstić information content (AvgIpc) is 3.41. The Morgan fingerprint density at radius 1 is 1.06 bits per heavy atom. The fraction of sp³-hybridized carbons (Fsp3) is 0.360. The molecule has 178 valence electrons. The van der Waals surface area contributed by atoms with E-state index in [1.165, 1.54) is 4.40 Å². The summed E-state index contributed by atoms with van der Waals surface area (Å²) < 4.78 is 42.9. The van der Waals surface area contributed by atoms with Gasteiger partial charge in [-0.3, -0.25) is 9.20 Å². The molecule has 0 unspecified atom stereocenters. The van der Waals surface area contributed by atoms with E-state index in [9.17, 15) is 18.0 Å². The van der Waals surface area contributed by atoms with Crippen molar-refractivity contribution < 1.29 is 18.0 Å². The van der Waals surface area contributed by atoms with Crippen LogP contribution in [0.3, 0.4) is 0 Å². The van der Waals surface area contributed by atoms with E-state index in [0.29, 0.717) is 11.4 Å². The number of anilines is 1. The van der Waals surface area contributed by atoms with E-state index < -0.39 is 11.9 Å². The van der Waals surface area contributed by atoms with Gasteiger partial charge in [-0.1, -0.05) is 24.3 Å². The third-order valence-corrected chi connectivity index (χ3v) is 6.84. The number of para-hydroxylation sites is 1. The summed E-state index contributed by atoms with van der Waals surface area (Å²) in [5, 5.41) is 4.11. The number of fused-ring (bicyclic) bond motifs is 2. The van der Waals surface area contributed by atoms with Crippen molar-refractivity contribution >= 4 is 28.3 Å². The number of carbonyl (C=O) groups is 1. The summed E-state index contributed by atoms with van der Waals surface area (Å²) in [6.07, 6.45) is 1.70. The molecule has 6 nitrogen and oxygen atoms in total. The number of rotatable bonds is 4. The van der Waals surface area contributed by atoms with Crippen LogP contribution in [-0.2, 0) is 13.2 Å². The number of benzene rings is 1. The van der Waals surface area contributed by atoms with Crippen LogP contribution < -0.4 is 10.2 Å². The number of hydrogen-bond donors (Lipinski definition) is 1. The smallest absolute Gasteiger partial charge is 0.358 e. The number of carbonyl (C=O) groups excluding carboxylic acids is 1. The maximum absolute atomic E-state index is 13.1. The summed E-state index contributed by atoms with van der Waals surface area (Å²) in [6, 6.07) is 13.2. The highest BCUT2D eigenvalue weighted by Gasteiger charge is 2.34. The second-order valence-corrected chi connectivity index (χ2v) is 9.00. The molecule has 3 heterocycles. The van der Waals surface area contributed by atoms with Crippen molar-refractivity contribution in [2.24, 2.45) is 7.05 Å². The SMILES string of the molecule is Cn1cc(C(=O)N[C@H]2CC[C@@H](N(C)c3cccc4nc(C(F)(F)F)cn34)CC2)c2ccccc21. The summed E-state index contributed by atoms with van der Waals surface area (Å²) in [5.74, 6) is 0.597. The van der Waals surface area contributed by atoms with Crippen molar-refractivity contribution in [3.8, 4) is 0 Å². The summed E-state index contributed by atoms with van der Waals surface area (Å²) in [4.78, 5) is 18.7. The molecule has 0 aliphatic heterocycles. The Hall–Kier alpha value is -3.49. The van der Waals surface area contributed by atoms with Gasteiger partial charge in [0, 0.05) is 49.5 Å². The summed E-state index contributed by atoms with van der Waals surface area (Å²) >= 11 is 0. The number of pyridine rings is 1. The molecule has 1 saturated carbocycles. The average molecular weight is 470 g/mol. The molecule has 0 atom stereocenters. The molecule has 0 saturated heterocycles. The zero-order valence-corrected chi connectivity index (χ0v) is 19.0. The highest BCUT2D eigenvalue weighted by atomic mass is 19.4. The molecule has 34 heavy (non-hydrogen) atoms. The van der Waals surface area contributed by atoms with Crippen molar-refractivity contribution in [3.05, 3.63) is 66.1 Å². The highest BCUT2D eigenvalue weighted by Crippen LogP contribution is 2.32. The van der Waals surface area contributed by atoms with Gasteiger partial charge in [0.25, 0.3) is 5.91 Å². The van der Waals surface area contributed by atoms with Gasteiger partial charge in [0.05, 0.1) is 5.56 Å². The predicted octanol–water partition coefficient (Wildman–Crippen LogP) is 5.02. The van der Waals surface area contributed by atoms with Crippen LogP contribution in [0.5, 0.6) is 0 Å². The number of imidazole rings is 1. The maximum Gasteiger partial charge on any atom is 0.434 e. The Labute approximate surface area is 195 Å². The molecule has 0 spiro atoms. The molecule has 4 aromatic rings. The van der Waals surface area contributed by atoms with Gasteiger partial charge in [0.2, 0.25) is 0 Å². The van der Waals surface area contributed by atoms with Gasteiger partial charge in [-0.15, -0.1) is 0 Å². The first kappa shape index (κ1) is 22.3. The minimum atomic E-state index is -4.48. The van der Waals surface area contributed by atoms with E-state index in [0.717, 1.165) is 42.8 Å². The third kappa shape index (κ3) is 3.99. The maximum atomic E-state index is 13.1. The largest absolute Gasteiger partial charge is 0.434 e. The molecule has 1 aromatic carbocycles. The van der Waals surface area contributed by atoms with Crippen molar-refractivity contribution in [2.75, 3.05) is 11.9 Å². The summed E-state index contributed by atoms with van der Waals surface area (Å²) in [5.41, 5.74) is 1.06. The van der Waals surface area contributed by atoms with E-state index in [4.69, 9.17) is 0 Å². The number of halogens is 3. The molecular weight excluding hydrogens is 443 g/mol. The number of hydrogen-bond acceptors (Lipinski definition) is 3. The lowest BCUT2D eigenvalue weighted by molar-refractivity contribution is -0.140. The normalized spacial score (nSPS) is 19.0. The third-order valence-electron chi connectivity index (χ3n) is 6.84. The molecule has 1 amide bonds. The number of amides is 1. The minimum Gasteiger partial charge on any atom is -0.358 e. The number of nitrogens with zero attached hydrogens (tertiary/aromatic N) is 4. The number of aromatic nitrogens is 3. The summed E-state index contributed by atoms with van der Waals surface area (Å²) in [7, 11) is 3.83. The van der Waals surface area contributed by atoms with Crippen LogP contribution in [0.1, 0.15) is 41.7 Å². The van der Waals surface area contributed by atoms with Crippen LogP contribution in [0.15, 0.2) is 54.9 Å². The van der Waals surface area contributed by atoms with Crippen LogP contribution >= 0.6 is 0 Å². The Morgan fingerprint density at radius 3 is 2.53 bits per heavy atom. The standard InChI is InChI=1S/C25H26F3N5O/c1-31-14-19(18-6-3-4-7-20(18)31)24(34)29-16-10-12-17(13-11-16)32(2)23-9-5-8-22-30-21(15-33(22)23)25(26,27)28/h3-9,14-17H,10-13H2,1-2H3,(H,29,34)/t16-,17+. The predicted molar refractivity (Wildman–Crippen MR) is 125 cm³/mol. The molecule has 1 aliphatic rings. The highest BCUT2D eigenvalue weighted by molar-refractivity contribution is 6.07. The molecule has 0 radical (unpaired) electrons. The quantitative estimate of drug-likeness (QED) is 0.457. The van der Waals surface area contributed by atoms with Crippen LogP contribution in [0.25, 0.3) is 16.6 Å². The Balaban J connectivity index is 1.26. The molecular formula is C25H26F3N5O. The molecule has 1 aliphatic carbocycles. The monoisotopic (exact) mass is 469 g/mol. The van der Waals surface area contributed by atoms with E-state index in [-0.39, 0.29) is 23.6 Å². The summed E-state index contributed by atoms with van der Waals surface area (Å²) in [6.45, 7) is 0. The molecule has 9 heteroatoms. The Morgan fingerprint density at radius 2 is 1.79 bits per heavy atom. The van der Waals surface area contributed by atoms with Gasteiger partial charge in [-0.25, -0.2) is 4.98 Å². The lowest BCUT2D eigenvalue weighted by atomic mass is 9.90. The zero-order chi connectivity index (χ0) is 24.0. The van der Waals surface area contributed by atoms with Gasteiger partial charge in [-0.2, -0.15) is 13.2 Å². The van der Waals surface area contributed by atoms with E-state index in [2.05, 4.69) is 10.3 Å². The second kappa shape index (κ2) is 8.38. The molecule has 3 aromatic heterocycles. The van der Waals surface area contributed by atoms with Crippen LogP contribution in [-0.4, -0.2) is 39.0 Å². The first-order chi connectivity index (χ1) is 16.2. The Bertz CT molecular complexity index is 1350. The van der Waals surface area contributed by atoms with Gasteiger partial charge in [-0.05, 0) is 43.9 Å².